The number of halogens is 1. The predicted octanol–water partition coefficient (Wildman–Crippen LogP) is 4.42. The summed E-state index contributed by atoms with van der Waals surface area (Å²) in [6.07, 6.45) is 7.90. The number of amides is 1. The molecule has 0 spiro atoms. The highest BCUT2D eigenvalue weighted by Gasteiger charge is 2.30. The Kier molecular flexibility index (Phi) is 5.03. The molecule has 0 unspecified atom stereocenters. The summed E-state index contributed by atoms with van der Waals surface area (Å²) < 4.78 is 17.0. The highest BCUT2D eigenvalue weighted by molar-refractivity contribution is 5.95. The average Bonchev–Trinajstić information content (AvgIpc) is 3.19. The van der Waals surface area contributed by atoms with Crippen LogP contribution in [0, 0.1) is 12.7 Å². The van der Waals surface area contributed by atoms with E-state index < -0.39 is 0 Å². The second kappa shape index (κ2) is 7.62. The summed E-state index contributed by atoms with van der Waals surface area (Å²) in [5.41, 5.74) is 3.28. The van der Waals surface area contributed by atoms with Gasteiger partial charge in [0.2, 0.25) is 0 Å². The van der Waals surface area contributed by atoms with E-state index in [0.29, 0.717) is 5.56 Å². The van der Waals surface area contributed by atoms with Crippen molar-refractivity contribution in [1.82, 2.24) is 19.2 Å². The van der Waals surface area contributed by atoms with Crippen molar-refractivity contribution in [1.29, 1.82) is 0 Å². The number of rotatable bonds is 3. The van der Waals surface area contributed by atoms with Crippen molar-refractivity contribution in [3.8, 4) is 5.69 Å². The Hall–Kier alpha value is -2.89. The molecule has 3 aromatic rings. The molecule has 1 atom stereocenters. The van der Waals surface area contributed by atoms with Crippen molar-refractivity contribution in [2.45, 2.75) is 38.6 Å². The molecule has 1 aliphatic heterocycles. The lowest BCUT2D eigenvalue weighted by Crippen LogP contribution is -2.35. The molecule has 0 aliphatic carbocycles. The number of carbonyl (C=O) groups excluding carboxylic acids is 1. The highest BCUT2D eigenvalue weighted by Crippen LogP contribution is 2.32. The molecule has 5 nitrogen and oxygen atoms in total. The van der Waals surface area contributed by atoms with Crippen LogP contribution in [0.2, 0.25) is 0 Å². The number of likely N-dealkylation sites (tertiary alicyclic amines) is 1. The van der Waals surface area contributed by atoms with E-state index in [1.807, 2.05) is 31.1 Å². The Bertz CT molecular complexity index is 973. The van der Waals surface area contributed by atoms with Gasteiger partial charge in [-0.3, -0.25) is 4.79 Å². The summed E-state index contributed by atoms with van der Waals surface area (Å²) in [6, 6.07) is 10.3. The van der Waals surface area contributed by atoms with Crippen LogP contribution in [0.25, 0.3) is 5.69 Å². The van der Waals surface area contributed by atoms with Crippen molar-refractivity contribution >= 4 is 5.91 Å². The molecule has 1 fully saturated rings. The van der Waals surface area contributed by atoms with E-state index in [-0.39, 0.29) is 17.8 Å². The molecule has 1 aromatic carbocycles. The zero-order valence-electron chi connectivity index (χ0n) is 16.3. The third kappa shape index (κ3) is 3.35. The number of carbonyl (C=O) groups is 1. The number of aryl methyl sites for hydroxylation is 1. The maximum absolute atomic E-state index is 13.5. The first-order valence-electron chi connectivity index (χ1n) is 9.79. The zero-order chi connectivity index (χ0) is 19.7. The largest absolute Gasteiger partial charge is 0.353 e. The Labute approximate surface area is 164 Å². The van der Waals surface area contributed by atoms with Gasteiger partial charge < -0.3 is 9.47 Å². The highest BCUT2D eigenvalue weighted by atomic mass is 19.1. The molecule has 1 amide bonds. The topological polar surface area (TPSA) is 43.1 Å². The van der Waals surface area contributed by atoms with E-state index in [1.54, 1.807) is 23.0 Å². The molecule has 0 saturated carbocycles. The van der Waals surface area contributed by atoms with E-state index in [4.69, 9.17) is 0 Å². The third-order valence-corrected chi connectivity index (χ3v) is 5.65. The van der Waals surface area contributed by atoms with Gasteiger partial charge in [0.05, 0.1) is 29.2 Å². The van der Waals surface area contributed by atoms with Gasteiger partial charge in [0.25, 0.3) is 5.91 Å². The molecule has 0 bridgehead atoms. The first-order chi connectivity index (χ1) is 13.6. The lowest BCUT2D eigenvalue weighted by Gasteiger charge is -2.30. The van der Waals surface area contributed by atoms with Crippen LogP contribution >= 0.6 is 0 Å². The third-order valence-electron chi connectivity index (χ3n) is 5.65. The maximum atomic E-state index is 13.5. The van der Waals surface area contributed by atoms with Gasteiger partial charge in [-0.2, -0.15) is 5.10 Å². The monoisotopic (exact) mass is 380 g/mol. The van der Waals surface area contributed by atoms with Gasteiger partial charge in [0, 0.05) is 25.5 Å². The lowest BCUT2D eigenvalue weighted by molar-refractivity contribution is 0.0673. The minimum Gasteiger partial charge on any atom is -0.353 e. The van der Waals surface area contributed by atoms with Gasteiger partial charge in [-0.15, -0.1) is 0 Å². The molecule has 6 heteroatoms. The van der Waals surface area contributed by atoms with Gasteiger partial charge in [-0.25, -0.2) is 9.07 Å². The lowest BCUT2D eigenvalue weighted by atomic mass is 10.1. The van der Waals surface area contributed by atoms with E-state index in [2.05, 4.69) is 15.7 Å². The van der Waals surface area contributed by atoms with Gasteiger partial charge >= 0.3 is 0 Å². The minimum atomic E-state index is -0.292. The molecular weight excluding hydrogens is 355 g/mol. The Morgan fingerprint density at radius 1 is 1.14 bits per heavy atom. The summed E-state index contributed by atoms with van der Waals surface area (Å²) >= 11 is 0. The van der Waals surface area contributed by atoms with Crippen molar-refractivity contribution in [3.05, 3.63) is 71.6 Å². The summed E-state index contributed by atoms with van der Waals surface area (Å²) in [5, 5.41) is 4.40. The first kappa shape index (κ1) is 18.5. The number of benzene rings is 1. The summed E-state index contributed by atoms with van der Waals surface area (Å²) in [5.74, 6) is -0.279. The Balaban J connectivity index is 1.67. The van der Waals surface area contributed by atoms with Crippen molar-refractivity contribution < 1.29 is 9.18 Å². The van der Waals surface area contributed by atoms with E-state index in [1.165, 1.54) is 17.8 Å². The number of hydrogen-bond acceptors (Lipinski definition) is 2. The number of hydrogen-bond donors (Lipinski definition) is 0. The molecule has 0 radical (unpaired) electrons. The number of aromatic nitrogens is 3. The quantitative estimate of drug-likeness (QED) is 0.675. The van der Waals surface area contributed by atoms with Crippen LogP contribution in [0.5, 0.6) is 0 Å². The van der Waals surface area contributed by atoms with Crippen LogP contribution in [0.4, 0.5) is 4.39 Å². The fourth-order valence-corrected chi connectivity index (χ4v) is 4.10. The molecule has 2 aromatic heterocycles. The average molecular weight is 380 g/mol. The van der Waals surface area contributed by atoms with Crippen LogP contribution in [0.1, 0.15) is 53.5 Å². The SMILES string of the molecule is Cc1c(C(=O)N2CCCCC[C@@H]2c2cccn2C)cnn1-c1ccc(F)cc1. The van der Waals surface area contributed by atoms with Crippen LogP contribution in [0.3, 0.4) is 0 Å². The summed E-state index contributed by atoms with van der Waals surface area (Å²) in [7, 11) is 2.03. The number of nitrogens with zero attached hydrogens (tertiary/aromatic N) is 4. The molecular formula is C22H25FN4O. The maximum Gasteiger partial charge on any atom is 0.257 e. The zero-order valence-corrected chi connectivity index (χ0v) is 16.3. The molecule has 28 heavy (non-hydrogen) atoms. The van der Waals surface area contributed by atoms with Crippen molar-refractivity contribution in [3.63, 3.8) is 0 Å². The van der Waals surface area contributed by atoms with Gasteiger partial charge in [-0.05, 0) is 56.2 Å². The molecule has 0 N–H and O–H groups in total. The molecule has 1 saturated heterocycles. The molecule has 4 rings (SSSR count). The van der Waals surface area contributed by atoms with Gasteiger partial charge in [-0.1, -0.05) is 12.8 Å². The molecule has 146 valence electrons. The van der Waals surface area contributed by atoms with E-state index in [0.717, 1.165) is 43.6 Å². The second-order valence-corrected chi connectivity index (χ2v) is 7.44. The summed E-state index contributed by atoms with van der Waals surface area (Å²) in [4.78, 5) is 15.5. The van der Waals surface area contributed by atoms with E-state index in [9.17, 15) is 9.18 Å². The fraction of sp³-hybridized carbons (Fsp3) is 0.364. The van der Waals surface area contributed by atoms with Crippen LogP contribution in [-0.2, 0) is 7.05 Å². The summed E-state index contributed by atoms with van der Waals surface area (Å²) in [6.45, 7) is 2.63. The van der Waals surface area contributed by atoms with Crippen molar-refractivity contribution in [2.24, 2.45) is 7.05 Å². The fourth-order valence-electron chi connectivity index (χ4n) is 4.10. The molecule has 1 aliphatic rings. The minimum absolute atomic E-state index is 0.0129. The molecule has 3 heterocycles. The Morgan fingerprint density at radius 2 is 1.93 bits per heavy atom. The normalized spacial score (nSPS) is 17.5. The van der Waals surface area contributed by atoms with Crippen LogP contribution in [-0.4, -0.2) is 31.7 Å². The van der Waals surface area contributed by atoms with E-state index >= 15 is 0 Å². The Morgan fingerprint density at radius 3 is 2.64 bits per heavy atom. The van der Waals surface area contributed by atoms with Crippen LogP contribution < -0.4 is 0 Å². The van der Waals surface area contributed by atoms with Gasteiger partial charge in [0.1, 0.15) is 5.82 Å². The standard InChI is InChI=1S/C22H25FN4O/c1-16-19(15-24-27(16)18-11-9-17(23)10-12-18)22(28)26-14-5-3-4-7-21(26)20-8-6-13-25(20)2/h6,8-13,15,21H,3-5,7,14H2,1-2H3/t21-/m1/s1. The first-order valence-corrected chi connectivity index (χ1v) is 9.79. The smallest absolute Gasteiger partial charge is 0.257 e. The predicted molar refractivity (Wildman–Crippen MR) is 106 cm³/mol. The second-order valence-electron chi connectivity index (χ2n) is 7.44. The van der Waals surface area contributed by atoms with Gasteiger partial charge in [0.15, 0.2) is 0 Å². The van der Waals surface area contributed by atoms with Crippen molar-refractivity contribution in [2.75, 3.05) is 6.54 Å². The van der Waals surface area contributed by atoms with Crippen LogP contribution in [0.15, 0.2) is 48.8 Å².